The number of hydrogen-bond donors (Lipinski definition) is 2. The number of fused-ring (bicyclic) bond motifs is 1. The highest BCUT2D eigenvalue weighted by Crippen LogP contribution is 2.24. The summed E-state index contributed by atoms with van der Waals surface area (Å²) in [5.41, 5.74) is 7.52. The minimum absolute atomic E-state index is 0.0462. The molecule has 2 atom stereocenters. The second-order valence-electron chi connectivity index (χ2n) is 9.54. The summed E-state index contributed by atoms with van der Waals surface area (Å²) < 4.78 is 0. The fourth-order valence-electron chi connectivity index (χ4n) is 4.17. The first kappa shape index (κ1) is 25.2. The summed E-state index contributed by atoms with van der Waals surface area (Å²) in [5.74, 6) is 0.0572. The van der Waals surface area contributed by atoms with Crippen LogP contribution < -0.4 is 10.6 Å². The van der Waals surface area contributed by atoms with Crippen LogP contribution in [0.1, 0.15) is 67.3 Å². The maximum Gasteiger partial charge on any atom is 0.257 e. The van der Waals surface area contributed by atoms with E-state index < -0.39 is 0 Å². The van der Waals surface area contributed by atoms with Crippen molar-refractivity contribution in [2.24, 2.45) is 10.9 Å². The monoisotopic (exact) mass is 481 g/mol. The molecule has 2 N–H and O–H groups in total. The van der Waals surface area contributed by atoms with Crippen molar-refractivity contribution in [1.82, 2.24) is 15.2 Å². The molecule has 0 fully saturated rings. The Hall–Kier alpha value is -3.93. The van der Waals surface area contributed by atoms with Gasteiger partial charge in [0, 0.05) is 54.9 Å². The van der Waals surface area contributed by atoms with Crippen molar-refractivity contribution in [2.45, 2.75) is 40.2 Å². The van der Waals surface area contributed by atoms with Gasteiger partial charge in [-0.3, -0.25) is 14.8 Å². The Morgan fingerprint density at radius 2 is 2.14 bits per heavy atom. The van der Waals surface area contributed by atoms with E-state index in [9.17, 15) is 4.79 Å². The van der Waals surface area contributed by atoms with Gasteiger partial charge in [0.1, 0.15) is 0 Å². The minimum Gasteiger partial charge on any atom is -0.379 e. The first-order chi connectivity index (χ1) is 17.3. The number of anilines is 1. The Kier molecular flexibility index (Phi) is 7.84. The summed E-state index contributed by atoms with van der Waals surface area (Å²) in [5, 5.41) is 6.57. The van der Waals surface area contributed by atoms with Gasteiger partial charge in [0.25, 0.3) is 5.91 Å². The third kappa shape index (κ3) is 6.19. The molecular formula is C30H35N5O. The van der Waals surface area contributed by atoms with E-state index in [1.165, 1.54) is 5.57 Å². The Labute approximate surface area is 214 Å². The number of amides is 1. The van der Waals surface area contributed by atoms with Gasteiger partial charge in [0.15, 0.2) is 0 Å². The van der Waals surface area contributed by atoms with E-state index in [2.05, 4.69) is 90.7 Å². The molecule has 0 saturated carbocycles. The van der Waals surface area contributed by atoms with E-state index in [-0.39, 0.29) is 17.9 Å². The molecule has 1 aliphatic carbocycles. The normalized spacial score (nSPS) is 18.6. The highest BCUT2D eigenvalue weighted by molar-refractivity contribution is 6.04. The Morgan fingerprint density at radius 1 is 1.31 bits per heavy atom. The number of nitrogens with one attached hydrogen (secondary N) is 2. The molecule has 0 bridgehead atoms. The molecule has 36 heavy (non-hydrogen) atoms. The topological polar surface area (TPSA) is 69.6 Å². The van der Waals surface area contributed by atoms with E-state index in [1.807, 2.05) is 36.6 Å². The lowest BCUT2D eigenvalue weighted by Crippen LogP contribution is -2.22. The second kappa shape index (κ2) is 11.2. The SMILES string of the molecule is CCN(C)/C=C1/N=CC(N[C@@H](C)c2cccc(NC(=O)c3cnc4c(c3)C=CCC(C)=C4)c2)=CC1C. The maximum atomic E-state index is 13.0. The molecule has 4 rings (SSSR count). The molecule has 2 aliphatic rings. The van der Waals surface area contributed by atoms with Crippen LogP contribution in [0.4, 0.5) is 5.69 Å². The van der Waals surface area contributed by atoms with Crippen molar-refractivity contribution in [2.75, 3.05) is 18.9 Å². The third-order valence-electron chi connectivity index (χ3n) is 6.46. The van der Waals surface area contributed by atoms with E-state index >= 15 is 0 Å². The number of carbonyl (C=O) groups is 1. The number of aromatic nitrogens is 1. The maximum absolute atomic E-state index is 13.0. The molecule has 2 aromatic rings. The van der Waals surface area contributed by atoms with Gasteiger partial charge in [-0.05, 0) is 57.0 Å². The molecule has 1 aromatic heterocycles. The van der Waals surface area contributed by atoms with Crippen molar-refractivity contribution in [3.05, 3.63) is 94.2 Å². The van der Waals surface area contributed by atoms with E-state index in [4.69, 9.17) is 0 Å². The molecule has 1 aromatic carbocycles. The summed E-state index contributed by atoms with van der Waals surface area (Å²) >= 11 is 0. The van der Waals surface area contributed by atoms with Crippen molar-refractivity contribution >= 4 is 30.0 Å². The van der Waals surface area contributed by atoms with Crippen LogP contribution in [-0.4, -0.2) is 35.6 Å². The van der Waals surface area contributed by atoms with Crippen LogP contribution in [0.2, 0.25) is 0 Å². The number of benzene rings is 1. The van der Waals surface area contributed by atoms with Crippen LogP contribution in [0.3, 0.4) is 0 Å². The van der Waals surface area contributed by atoms with Crippen LogP contribution in [0, 0.1) is 5.92 Å². The lowest BCUT2D eigenvalue weighted by Gasteiger charge is -2.22. The largest absolute Gasteiger partial charge is 0.379 e. The quantitative estimate of drug-likeness (QED) is 0.494. The minimum atomic E-state index is -0.172. The predicted molar refractivity (Wildman–Crippen MR) is 150 cm³/mol. The van der Waals surface area contributed by atoms with Gasteiger partial charge in [0.2, 0.25) is 0 Å². The third-order valence-corrected chi connectivity index (χ3v) is 6.46. The lowest BCUT2D eigenvalue weighted by atomic mass is 10.0. The molecule has 0 saturated heterocycles. The summed E-state index contributed by atoms with van der Waals surface area (Å²) in [7, 11) is 2.05. The smallest absolute Gasteiger partial charge is 0.257 e. The number of hydrogen-bond acceptors (Lipinski definition) is 5. The van der Waals surface area contributed by atoms with Gasteiger partial charge >= 0.3 is 0 Å². The zero-order chi connectivity index (χ0) is 25.7. The van der Waals surface area contributed by atoms with Gasteiger partial charge in [-0.25, -0.2) is 0 Å². The number of carbonyl (C=O) groups excluding carboxylic acids is 1. The highest BCUT2D eigenvalue weighted by atomic mass is 16.1. The zero-order valence-electron chi connectivity index (χ0n) is 21.7. The fraction of sp³-hybridized carbons (Fsp3) is 0.300. The van der Waals surface area contributed by atoms with Gasteiger partial charge in [0.05, 0.1) is 23.2 Å². The zero-order valence-corrected chi connectivity index (χ0v) is 21.7. The summed E-state index contributed by atoms with van der Waals surface area (Å²) in [4.78, 5) is 24.3. The Bertz CT molecular complexity index is 1280. The number of aliphatic imine (C=N–C) groups is 1. The van der Waals surface area contributed by atoms with Crippen LogP contribution in [0.5, 0.6) is 0 Å². The Balaban J connectivity index is 1.42. The van der Waals surface area contributed by atoms with Crippen molar-refractivity contribution in [3.63, 3.8) is 0 Å². The summed E-state index contributed by atoms with van der Waals surface area (Å²) in [6.45, 7) is 9.41. The number of nitrogens with zero attached hydrogens (tertiary/aromatic N) is 3. The number of pyridine rings is 1. The molecule has 1 aliphatic heterocycles. The molecule has 0 spiro atoms. The standard InChI is InChI=1S/C30H35N5O/c1-6-35(5)19-29-21(3)14-27(18-32-29)33-22(4)23-10-8-12-26(16-23)34-30(36)25-15-24-11-7-9-20(2)13-28(24)31-17-25/h7-8,10-19,21-22,33H,6,9H2,1-5H3,(H,34,36)/b29-19+/t21?,22-/m0/s1. The molecule has 186 valence electrons. The van der Waals surface area contributed by atoms with Gasteiger partial charge < -0.3 is 15.5 Å². The molecular weight excluding hydrogens is 446 g/mol. The van der Waals surface area contributed by atoms with E-state index in [0.29, 0.717) is 5.56 Å². The van der Waals surface area contributed by atoms with Crippen LogP contribution in [0.15, 0.2) is 76.8 Å². The van der Waals surface area contributed by atoms with Gasteiger partial charge in [-0.2, -0.15) is 0 Å². The molecule has 1 amide bonds. The number of rotatable bonds is 7. The number of dihydropyridines is 1. The molecule has 6 heteroatoms. The van der Waals surface area contributed by atoms with Crippen molar-refractivity contribution in [1.29, 1.82) is 0 Å². The average molecular weight is 482 g/mol. The molecule has 1 unspecified atom stereocenters. The molecule has 6 nitrogen and oxygen atoms in total. The molecule has 2 heterocycles. The second-order valence-corrected chi connectivity index (χ2v) is 9.54. The first-order valence-electron chi connectivity index (χ1n) is 12.5. The van der Waals surface area contributed by atoms with Crippen LogP contribution in [-0.2, 0) is 0 Å². The van der Waals surface area contributed by atoms with E-state index in [1.54, 1.807) is 6.20 Å². The summed E-state index contributed by atoms with van der Waals surface area (Å²) in [6.07, 6.45) is 14.9. The average Bonchev–Trinajstić information content (AvgIpc) is 3.05. The van der Waals surface area contributed by atoms with Gasteiger partial charge in [-0.15, -0.1) is 0 Å². The Morgan fingerprint density at radius 3 is 2.92 bits per heavy atom. The van der Waals surface area contributed by atoms with Crippen LogP contribution >= 0.6 is 0 Å². The fourth-order valence-corrected chi connectivity index (χ4v) is 4.17. The van der Waals surface area contributed by atoms with Crippen molar-refractivity contribution in [3.8, 4) is 0 Å². The highest BCUT2D eigenvalue weighted by Gasteiger charge is 2.15. The van der Waals surface area contributed by atoms with Gasteiger partial charge in [-0.1, -0.05) is 42.9 Å². The van der Waals surface area contributed by atoms with E-state index in [0.717, 1.165) is 46.9 Å². The summed E-state index contributed by atoms with van der Waals surface area (Å²) in [6, 6.07) is 9.87. The first-order valence-corrected chi connectivity index (χ1v) is 12.5. The number of allylic oxidation sites excluding steroid dienone is 4. The van der Waals surface area contributed by atoms with Crippen LogP contribution in [0.25, 0.3) is 12.2 Å². The molecule has 0 radical (unpaired) electrons. The van der Waals surface area contributed by atoms with Crippen molar-refractivity contribution < 1.29 is 4.79 Å². The predicted octanol–water partition coefficient (Wildman–Crippen LogP) is 6.20. The lowest BCUT2D eigenvalue weighted by molar-refractivity contribution is 0.102.